The van der Waals surface area contributed by atoms with Crippen LogP contribution < -0.4 is 5.30 Å². The van der Waals surface area contributed by atoms with Gasteiger partial charge in [-0.25, -0.2) is 0 Å². The molecule has 1 unspecified atom stereocenters. The summed E-state index contributed by atoms with van der Waals surface area (Å²) in [7, 11) is -1.95. The molecule has 94 valence electrons. The summed E-state index contributed by atoms with van der Waals surface area (Å²) in [6.45, 7) is 3.66. The second kappa shape index (κ2) is 8.14. The lowest BCUT2D eigenvalue weighted by atomic mass is 10.2. The first-order chi connectivity index (χ1) is 7.84. The molecule has 1 aromatic carbocycles. The van der Waals surface area contributed by atoms with Crippen LogP contribution in [0.2, 0.25) is 0 Å². The van der Waals surface area contributed by atoms with Crippen molar-refractivity contribution in [3.8, 4) is 0 Å². The zero-order valence-electron chi connectivity index (χ0n) is 9.15. The van der Waals surface area contributed by atoms with Crippen LogP contribution in [-0.2, 0) is 10.4 Å². The van der Waals surface area contributed by atoms with E-state index in [1.165, 1.54) is 10.9 Å². The van der Waals surface area contributed by atoms with Gasteiger partial charge in [-0.05, 0) is 17.3 Å². The number of benzene rings is 1. The smallest absolute Gasteiger partial charge is 0.264 e. The fourth-order valence-corrected chi connectivity index (χ4v) is 1.26. The minimum absolute atomic E-state index is 0.930. The molecular weight excluding hydrogens is 259 g/mol. The van der Waals surface area contributed by atoms with E-state index >= 15 is 0 Å². The van der Waals surface area contributed by atoms with E-state index in [0.717, 1.165) is 6.42 Å². The van der Waals surface area contributed by atoms with Crippen molar-refractivity contribution in [2.24, 2.45) is 0 Å². The van der Waals surface area contributed by atoms with E-state index in [9.17, 15) is 0 Å². The average Bonchev–Trinajstić information content (AvgIpc) is 2.19. The molecular formula is C11H15O4PS. The standard InChI is InChI=1S/C11H13P.H2O4S/c1-2-3-4-7-10-8-5-6-9-11(10)12;1-5(2,3)4/h2,4-9H,1,3,12H2;(H2,1,2,3,4). The third-order valence-electron chi connectivity index (χ3n) is 1.60. The molecule has 0 saturated heterocycles. The first-order valence-corrected chi connectivity index (χ1v) is 6.64. The molecule has 0 spiro atoms. The molecule has 0 aliphatic heterocycles. The van der Waals surface area contributed by atoms with Crippen LogP contribution in [0.1, 0.15) is 12.0 Å². The van der Waals surface area contributed by atoms with Gasteiger partial charge < -0.3 is 0 Å². The molecule has 17 heavy (non-hydrogen) atoms. The van der Waals surface area contributed by atoms with Gasteiger partial charge in [0.2, 0.25) is 0 Å². The van der Waals surface area contributed by atoms with Gasteiger partial charge in [0.05, 0.1) is 0 Å². The molecule has 6 heteroatoms. The average molecular weight is 274 g/mol. The van der Waals surface area contributed by atoms with Crippen LogP contribution in [0.3, 0.4) is 0 Å². The minimum atomic E-state index is -4.67. The fourth-order valence-electron chi connectivity index (χ4n) is 0.954. The lowest BCUT2D eigenvalue weighted by Crippen LogP contribution is -1.93. The van der Waals surface area contributed by atoms with Gasteiger partial charge in [-0.1, -0.05) is 42.5 Å². The second-order valence-electron chi connectivity index (χ2n) is 3.00. The van der Waals surface area contributed by atoms with Gasteiger partial charge in [0.1, 0.15) is 0 Å². The molecule has 0 amide bonds. The Bertz CT molecular complexity index is 472. The highest BCUT2D eigenvalue weighted by molar-refractivity contribution is 7.79. The minimum Gasteiger partial charge on any atom is -0.264 e. The summed E-state index contributed by atoms with van der Waals surface area (Å²) in [5, 5.41) is 1.23. The SMILES string of the molecule is C=CCC=Cc1ccccc1P.O=S(=O)(O)O. The molecule has 0 aliphatic rings. The summed E-state index contributed by atoms with van der Waals surface area (Å²) >= 11 is 0. The Labute approximate surface area is 104 Å². The Kier molecular flexibility index (Phi) is 7.66. The molecule has 0 aliphatic carbocycles. The molecule has 0 fully saturated rings. The zero-order chi connectivity index (χ0) is 13.3. The van der Waals surface area contributed by atoms with Crippen molar-refractivity contribution in [3.63, 3.8) is 0 Å². The first-order valence-electron chi connectivity index (χ1n) is 4.66. The molecule has 4 nitrogen and oxygen atoms in total. The normalized spacial score (nSPS) is 10.8. The largest absolute Gasteiger partial charge is 0.394 e. The lowest BCUT2D eigenvalue weighted by molar-refractivity contribution is 0.381. The lowest BCUT2D eigenvalue weighted by Gasteiger charge is -1.96. The van der Waals surface area contributed by atoms with Gasteiger partial charge in [-0.15, -0.1) is 15.8 Å². The predicted molar refractivity (Wildman–Crippen MR) is 73.8 cm³/mol. The molecule has 1 rings (SSSR count). The van der Waals surface area contributed by atoms with Crippen molar-refractivity contribution in [1.29, 1.82) is 0 Å². The Balaban J connectivity index is 0.000000437. The fraction of sp³-hybridized carbons (Fsp3) is 0.0909. The summed E-state index contributed by atoms with van der Waals surface area (Å²) in [4.78, 5) is 0. The quantitative estimate of drug-likeness (QED) is 0.503. The molecule has 0 saturated carbocycles. The summed E-state index contributed by atoms with van der Waals surface area (Å²) < 4.78 is 31.6. The summed E-state index contributed by atoms with van der Waals surface area (Å²) in [5.41, 5.74) is 1.25. The Hall–Kier alpha value is -1.00. The monoisotopic (exact) mass is 274 g/mol. The maximum Gasteiger partial charge on any atom is 0.394 e. The third-order valence-corrected chi connectivity index (χ3v) is 2.12. The van der Waals surface area contributed by atoms with Gasteiger partial charge in [0, 0.05) is 0 Å². The van der Waals surface area contributed by atoms with Crippen molar-refractivity contribution in [3.05, 3.63) is 48.6 Å². The molecule has 0 bridgehead atoms. The van der Waals surface area contributed by atoms with Crippen molar-refractivity contribution in [2.45, 2.75) is 6.42 Å². The van der Waals surface area contributed by atoms with E-state index in [1.807, 2.05) is 18.2 Å². The number of allylic oxidation sites excluding steroid dienone is 2. The van der Waals surface area contributed by atoms with Gasteiger partial charge in [-0.2, -0.15) is 8.42 Å². The van der Waals surface area contributed by atoms with E-state index in [2.05, 4.69) is 40.1 Å². The van der Waals surface area contributed by atoms with Crippen molar-refractivity contribution < 1.29 is 17.5 Å². The summed E-state index contributed by atoms with van der Waals surface area (Å²) in [6, 6.07) is 8.26. The second-order valence-corrected chi connectivity index (χ2v) is 4.52. The van der Waals surface area contributed by atoms with E-state index in [1.54, 1.807) is 0 Å². The Morgan fingerprint density at radius 1 is 1.29 bits per heavy atom. The number of hydrogen-bond donors (Lipinski definition) is 2. The van der Waals surface area contributed by atoms with Crippen molar-refractivity contribution in [1.82, 2.24) is 0 Å². The summed E-state index contributed by atoms with van der Waals surface area (Å²) in [6.07, 6.45) is 7.04. The van der Waals surface area contributed by atoms with E-state index < -0.39 is 10.4 Å². The molecule has 0 radical (unpaired) electrons. The van der Waals surface area contributed by atoms with Gasteiger partial charge >= 0.3 is 10.4 Å². The maximum atomic E-state index is 8.74. The highest BCUT2D eigenvalue weighted by Gasteiger charge is 1.89. The Morgan fingerprint density at radius 3 is 2.29 bits per heavy atom. The van der Waals surface area contributed by atoms with E-state index in [0.29, 0.717) is 0 Å². The molecule has 2 N–H and O–H groups in total. The highest BCUT2D eigenvalue weighted by Crippen LogP contribution is 2.03. The summed E-state index contributed by atoms with van der Waals surface area (Å²) in [5.74, 6) is 0. The predicted octanol–water partition coefficient (Wildman–Crippen LogP) is 2.12. The molecule has 1 aromatic rings. The van der Waals surface area contributed by atoms with Crippen LogP contribution in [0.15, 0.2) is 43.0 Å². The maximum absolute atomic E-state index is 8.74. The number of rotatable bonds is 3. The molecule has 0 aromatic heterocycles. The van der Waals surface area contributed by atoms with Gasteiger partial charge in [-0.3, -0.25) is 9.11 Å². The topological polar surface area (TPSA) is 74.6 Å². The van der Waals surface area contributed by atoms with Crippen LogP contribution in [0.5, 0.6) is 0 Å². The van der Waals surface area contributed by atoms with E-state index in [-0.39, 0.29) is 0 Å². The highest BCUT2D eigenvalue weighted by atomic mass is 32.3. The zero-order valence-corrected chi connectivity index (χ0v) is 11.1. The van der Waals surface area contributed by atoms with Crippen molar-refractivity contribution in [2.75, 3.05) is 0 Å². The number of hydrogen-bond acceptors (Lipinski definition) is 2. The molecule has 1 atom stereocenters. The van der Waals surface area contributed by atoms with Crippen LogP contribution in [0, 0.1) is 0 Å². The van der Waals surface area contributed by atoms with Gasteiger partial charge in [0.25, 0.3) is 0 Å². The van der Waals surface area contributed by atoms with Crippen LogP contribution in [-0.4, -0.2) is 17.5 Å². The van der Waals surface area contributed by atoms with Crippen molar-refractivity contribution >= 4 is 31.0 Å². The van der Waals surface area contributed by atoms with Gasteiger partial charge in [0.15, 0.2) is 0 Å². The Morgan fingerprint density at radius 2 is 1.82 bits per heavy atom. The molecule has 0 heterocycles. The van der Waals surface area contributed by atoms with Crippen LogP contribution >= 0.6 is 9.24 Å². The van der Waals surface area contributed by atoms with Crippen LogP contribution in [0.4, 0.5) is 0 Å². The van der Waals surface area contributed by atoms with E-state index in [4.69, 9.17) is 17.5 Å². The third kappa shape index (κ3) is 11.3. The van der Waals surface area contributed by atoms with Crippen LogP contribution in [0.25, 0.3) is 6.08 Å². The first kappa shape index (κ1) is 16.0.